The van der Waals surface area contributed by atoms with Crippen molar-refractivity contribution in [1.82, 2.24) is 0 Å². The molecule has 0 atom stereocenters. The van der Waals surface area contributed by atoms with E-state index in [1.54, 1.807) is 0 Å². The summed E-state index contributed by atoms with van der Waals surface area (Å²) in [6.07, 6.45) is -0.745. The number of carbonyl (C=O) groups excluding carboxylic acids is 1. The topological polar surface area (TPSA) is 202 Å². The number of rotatable bonds is 0. The highest BCUT2D eigenvalue weighted by Gasteiger charge is 2.04. The Morgan fingerprint density at radius 3 is 0.882 bits per heavy atom. The lowest BCUT2D eigenvalue weighted by atomic mass is 10.7. The highest BCUT2D eigenvalue weighted by molar-refractivity contribution is 6.27. The maximum Gasteiger partial charge on any atom is 0.414 e. The van der Waals surface area contributed by atoms with Gasteiger partial charge in [0.05, 0.1) is 7.11 Å². The molecule has 1 amide bonds. The molecule has 0 fully saturated rings. The van der Waals surface area contributed by atoms with E-state index in [0.29, 0.717) is 0 Å². The number of nitrogens with two attached hydrogens (primary N) is 1. The minimum atomic E-state index is -1.82. The van der Waals surface area contributed by atoms with Gasteiger partial charge >= 0.3 is 30.0 Å². The Labute approximate surface area is 93.0 Å². The molecule has 0 spiro atoms. The first kappa shape index (κ1) is 19.7. The van der Waals surface area contributed by atoms with Crippen LogP contribution in [0.25, 0.3) is 0 Å². The predicted octanol–water partition coefficient (Wildman–Crippen LogP) is -1.98. The Balaban J connectivity index is -0.000000174. The molecule has 0 aliphatic carbocycles. The van der Waals surface area contributed by atoms with Gasteiger partial charge in [-0.25, -0.2) is 24.0 Å². The number of aliphatic carboxylic acids is 4. The summed E-state index contributed by atoms with van der Waals surface area (Å²) < 4.78 is 3.89. The van der Waals surface area contributed by atoms with E-state index in [-0.39, 0.29) is 0 Å². The molecule has 0 unspecified atom stereocenters. The summed E-state index contributed by atoms with van der Waals surface area (Å²) in [4.78, 5) is 45.8. The average Bonchev–Trinajstić information content (AvgIpc) is 2.19. The lowest BCUT2D eigenvalue weighted by molar-refractivity contribution is -0.159. The van der Waals surface area contributed by atoms with Gasteiger partial charge < -0.3 is 30.9 Å². The molecule has 0 saturated heterocycles. The summed E-state index contributed by atoms with van der Waals surface area (Å²) >= 11 is 0. The Hall–Kier alpha value is -2.85. The standard InChI is InChI=1S/C2H5NO2.2C2H2O4/c1-5-2(3)4;2*3-1(4)2(5)6/h1H3,(H2,3,4);2*(H,3,4)(H,5,6). The highest BCUT2D eigenvalue weighted by Crippen LogP contribution is 1.57. The van der Waals surface area contributed by atoms with Crippen LogP contribution in [-0.4, -0.2) is 57.5 Å². The van der Waals surface area contributed by atoms with Gasteiger partial charge in [-0.1, -0.05) is 0 Å². The normalized spacial score (nSPS) is 7.12. The maximum atomic E-state index is 9.37. The number of primary amides is 1. The van der Waals surface area contributed by atoms with Crippen molar-refractivity contribution in [2.24, 2.45) is 5.73 Å². The van der Waals surface area contributed by atoms with Crippen molar-refractivity contribution in [3.8, 4) is 0 Å². The van der Waals surface area contributed by atoms with E-state index in [4.69, 9.17) is 39.6 Å². The second kappa shape index (κ2) is 11.2. The van der Waals surface area contributed by atoms with Crippen molar-refractivity contribution in [3.63, 3.8) is 0 Å². The fraction of sp³-hybridized carbons (Fsp3) is 0.167. The first-order valence-corrected chi connectivity index (χ1v) is 3.32. The minimum absolute atomic E-state index is 0.745. The summed E-state index contributed by atoms with van der Waals surface area (Å²) in [5.74, 6) is -7.30. The zero-order valence-electron chi connectivity index (χ0n) is 8.32. The van der Waals surface area contributed by atoms with Gasteiger partial charge in [-0.15, -0.1) is 0 Å². The number of carboxylic acid groups (broad SMARTS) is 4. The van der Waals surface area contributed by atoms with Gasteiger partial charge in [0.25, 0.3) is 0 Å². The molecule has 0 aliphatic rings. The van der Waals surface area contributed by atoms with E-state index in [2.05, 4.69) is 10.5 Å². The molecule has 0 aliphatic heterocycles. The monoisotopic (exact) mass is 255 g/mol. The summed E-state index contributed by atoms with van der Waals surface area (Å²) in [6, 6.07) is 0. The van der Waals surface area contributed by atoms with Crippen molar-refractivity contribution in [1.29, 1.82) is 0 Å². The molecule has 98 valence electrons. The molecule has 0 radical (unpaired) electrons. The Morgan fingerprint density at radius 2 is 0.882 bits per heavy atom. The van der Waals surface area contributed by atoms with Crippen LogP contribution in [0.15, 0.2) is 0 Å². The van der Waals surface area contributed by atoms with Crippen LogP contribution >= 0.6 is 0 Å². The average molecular weight is 255 g/mol. The first-order valence-electron chi connectivity index (χ1n) is 3.32. The van der Waals surface area contributed by atoms with E-state index in [0.717, 1.165) is 0 Å². The van der Waals surface area contributed by atoms with E-state index >= 15 is 0 Å². The maximum absolute atomic E-state index is 9.37. The molecule has 6 N–H and O–H groups in total. The van der Waals surface area contributed by atoms with Gasteiger partial charge in [0, 0.05) is 0 Å². The molecule has 11 nitrogen and oxygen atoms in total. The van der Waals surface area contributed by atoms with Crippen molar-refractivity contribution in [2.75, 3.05) is 7.11 Å². The number of carboxylic acids is 4. The third kappa shape index (κ3) is 32.0. The Bertz CT molecular complexity index is 260. The number of carbonyl (C=O) groups is 5. The summed E-state index contributed by atoms with van der Waals surface area (Å²) in [6.45, 7) is 0. The minimum Gasteiger partial charge on any atom is -0.473 e. The van der Waals surface area contributed by atoms with E-state index < -0.39 is 30.0 Å². The van der Waals surface area contributed by atoms with Crippen LogP contribution in [0.3, 0.4) is 0 Å². The third-order valence-corrected chi connectivity index (χ3v) is 0.567. The second-order valence-electron chi connectivity index (χ2n) is 1.74. The van der Waals surface area contributed by atoms with Crippen LogP contribution < -0.4 is 5.73 Å². The molecule has 0 aromatic heterocycles. The van der Waals surface area contributed by atoms with Gasteiger partial charge in [-0.2, -0.15) is 0 Å². The summed E-state index contributed by atoms with van der Waals surface area (Å²) in [5.41, 5.74) is 4.43. The SMILES string of the molecule is COC(N)=O.O=C(O)C(=O)O.O=C(O)C(=O)O. The third-order valence-electron chi connectivity index (χ3n) is 0.567. The number of methoxy groups -OCH3 is 1. The highest BCUT2D eigenvalue weighted by atomic mass is 16.5. The van der Waals surface area contributed by atoms with E-state index in [1.165, 1.54) is 7.11 Å². The van der Waals surface area contributed by atoms with Crippen molar-refractivity contribution in [3.05, 3.63) is 0 Å². The van der Waals surface area contributed by atoms with Gasteiger partial charge in [0.2, 0.25) is 0 Å². The number of hydrogen-bond acceptors (Lipinski definition) is 6. The molecule has 17 heavy (non-hydrogen) atoms. The van der Waals surface area contributed by atoms with Gasteiger partial charge in [-0.3, -0.25) is 0 Å². The van der Waals surface area contributed by atoms with E-state index in [9.17, 15) is 4.79 Å². The van der Waals surface area contributed by atoms with Crippen LogP contribution in [-0.2, 0) is 23.9 Å². The molecule has 0 saturated carbocycles. The fourth-order valence-electron chi connectivity index (χ4n) is 0. The molecule has 0 aromatic carbocycles. The van der Waals surface area contributed by atoms with Gasteiger partial charge in [0.15, 0.2) is 0 Å². The Morgan fingerprint density at radius 1 is 0.765 bits per heavy atom. The summed E-state index contributed by atoms with van der Waals surface area (Å²) in [5, 5.41) is 29.6. The zero-order chi connectivity index (χ0) is 14.6. The summed E-state index contributed by atoms with van der Waals surface area (Å²) in [7, 11) is 1.22. The van der Waals surface area contributed by atoms with Gasteiger partial charge in [0.1, 0.15) is 0 Å². The van der Waals surface area contributed by atoms with Crippen LogP contribution in [0.2, 0.25) is 0 Å². The largest absolute Gasteiger partial charge is 0.473 e. The van der Waals surface area contributed by atoms with Crippen molar-refractivity contribution in [2.45, 2.75) is 0 Å². The number of amides is 1. The van der Waals surface area contributed by atoms with Crippen molar-refractivity contribution >= 4 is 30.0 Å². The van der Waals surface area contributed by atoms with Crippen molar-refractivity contribution < 1.29 is 49.1 Å². The van der Waals surface area contributed by atoms with Crippen LogP contribution in [0.5, 0.6) is 0 Å². The Kier molecular flexibility index (Phi) is 13.0. The van der Waals surface area contributed by atoms with Crippen LogP contribution in [0.1, 0.15) is 0 Å². The van der Waals surface area contributed by atoms with Gasteiger partial charge in [-0.05, 0) is 0 Å². The first-order chi connectivity index (χ1) is 7.56. The second-order valence-corrected chi connectivity index (χ2v) is 1.74. The quantitative estimate of drug-likeness (QED) is 0.302. The fourth-order valence-corrected chi connectivity index (χ4v) is 0. The molecular formula is C6H9NO10. The predicted molar refractivity (Wildman–Crippen MR) is 47.1 cm³/mol. The van der Waals surface area contributed by atoms with E-state index in [1.807, 2.05) is 0 Å². The van der Waals surface area contributed by atoms with Crippen LogP contribution in [0.4, 0.5) is 4.79 Å². The molecule has 0 rings (SSSR count). The lowest BCUT2D eigenvalue weighted by Gasteiger charge is -1.81. The molecule has 0 bridgehead atoms. The molecule has 11 heteroatoms. The van der Waals surface area contributed by atoms with Crippen LogP contribution in [0, 0.1) is 0 Å². The number of ether oxygens (including phenoxy) is 1. The zero-order valence-corrected chi connectivity index (χ0v) is 8.32. The molecular weight excluding hydrogens is 246 g/mol. The molecule has 0 aromatic rings. The molecule has 0 heterocycles. The smallest absolute Gasteiger partial charge is 0.414 e. The number of hydrogen-bond donors (Lipinski definition) is 5. The lowest BCUT2D eigenvalue weighted by Crippen LogP contribution is -2.09.